The summed E-state index contributed by atoms with van der Waals surface area (Å²) in [4.78, 5) is 0. The Balaban J connectivity index is 0. The molecule has 0 spiro atoms. The van der Waals surface area contributed by atoms with Crippen molar-refractivity contribution >= 4 is 16.9 Å². The molecule has 0 unspecified atom stereocenters. The van der Waals surface area contributed by atoms with Gasteiger partial charge >= 0.3 is 53.7 Å². The van der Waals surface area contributed by atoms with Gasteiger partial charge in [0.1, 0.15) is 0 Å². The minimum Gasteiger partial charge on any atom is -1.00 e. The van der Waals surface area contributed by atoms with Gasteiger partial charge in [0.15, 0.2) is 0 Å². The first-order valence-corrected chi connectivity index (χ1v) is 4.16. The van der Waals surface area contributed by atoms with Crippen LogP contribution in [0.15, 0.2) is 0 Å². The fourth-order valence-corrected chi connectivity index (χ4v) is 1.85. The van der Waals surface area contributed by atoms with E-state index in [0.717, 1.165) is 4.71 Å². The fourth-order valence-electron chi connectivity index (χ4n) is 1.08. The molecule has 3 heteroatoms. The Morgan fingerprint density at radius 1 is 0.889 bits per heavy atom. The van der Waals surface area contributed by atoms with Crippen LogP contribution < -0.4 is 34.0 Å². The summed E-state index contributed by atoms with van der Waals surface area (Å²) in [5.74, 6) is 0. The summed E-state index contributed by atoms with van der Waals surface area (Å²) in [6.45, 7) is 0. The van der Waals surface area contributed by atoms with Gasteiger partial charge in [0, 0.05) is 0 Å². The van der Waals surface area contributed by atoms with Crippen molar-refractivity contribution in [3.63, 3.8) is 0 Å². The van der Waals surface area contributed by atoms with Gasteiger partial charge in [0.25, 0.3) is 0 Å². The molecule has 1 rings (SSSR count). The molecule has 0 aromatic carbocycles. The molecule has 1 aliphatic carbocycles. The van der Waals surface area contributed by atoms with E-state index in [-0.39, 0.29) is 34.0 Å². The van der Waals surface area contributed by atoms with Crippen molar-refractivity contribution in [1.82, 2.24) is 0 Å². The third kappa shape index (κ3) is 5.94. The maximum absolute atomic E-state index is 2.77. The van der Waals surface area contributed by atoms with Gasteiger partial charge in [-0.3, -0.25) is 0 Å². The van der Waals surface area contributed by atoms with Gasteiger partial charge in [-0.05, 0) is 0 Å². The van der Waals surface area contributed by atoms with E-state index < -0.39 is 0 Å². The molecule has 0 aliphatic heterocycles. The van der Waals surface area contributed by atoms with E-state index in [2.05, 4.69) is 16.9 Å². The van der Waals surface area contributed by atoms with Crippen LogP contribution in [0.1, 0.15) is 32.1 Å². The molecule has 0 amide bonds. The van der Waals surface area contributed by atoms with Crippen LogP contribution in [-0.2, 0) is 0 Å². The van der Waals surface area contributed by atoms with Crippen molar-refractivity contribution < 1.29 is 34.0 Å². The first-order chi connectivity index (χ1) is 3.39. The van der Waals surface area contributed by atoms with Crippen LogP contribution in [0.4, 0.5) is 0 Å². The zero-order chi connectivity index (χ0) is 5.11. The SMILES string of the molecule is [As]C1CCCCC1.[Br-].[Br-]. The minimum absolute atomic E-state index is 0. The van der Waals surface area contributed by atoms with E-state index in [1.807, 2.05) is 0 Å². The molecule has 2 radical (unpaired) electrons. The number of hydrogen-bond donors (Lipinski definition) is 0. The second kappa shape index (κ2) is 7.62. The standard InChI is InChI=1S/C6H11As.2BrH/c7-6-4-2-1-3-5-6;;/h6H,1-5H2;2*1H/p-2. The zero-order valence-corrected chi connectivity index (χ0v) is 10.4. The van der Waals surface area contributed by atoms with Gasteiger partial charge in [-0.2, -0.15) is 0 Å². The first kappa shape index (κ1) is 13.1. The van der Waals surface area contributed by atoms with Crippen LogP contribution in [0.3, 0.4) is 0 Å². The fraction of sp³-hybridized carbons (Fsp3) is 1.00. The van der Waals surface area contributed by atoms with Crippen LogP contribution in [0.25, 0.3) is 0 Å². The van der Waals surface area contributed by atoms with Gasteiger partial charge < -0.3 is 34.0 Å². The van der Waals surface area contributed by atoms with E-state index in [9.17, 15) is 0 Å². The third-order valence-electron chi connectivity index (χ3n) is 1.57. The van der Waals surface area contributed by atoms with E-state index in [0.29, 0.717) is 0 Å². The molecule has 1 fully saturated rings. The Kier molecular flexibility index (Phi) is 11.1. The molecule has 1 aliphatic rings. The largest absolute Gasteiger partial charge is 1.00 e. The Bertz CT molecular complexity index is 53.0. The molecule has 0 saturated heterocycles. The third-order valence-corrected chi connectivity index (χ3v) is 2.66. The van der Waals surface area contributed by atoms with Gasteiger partial charge in [-0.25, -0.2) is 0 Å². The molecule has 9 heavy (non-hydrogen) atoms. The van der Waals surface area contributed by atoms with Crippen molar-refractivity contribution in [2.75, 3.05) is 0 Å². The Hall–Kier alpha value is 1.52. The van der Waals surface area contributed by atoms with Crippen LogP contribution in [-0.4, -0.2) is 16.9 Å². The van der Waals surface area contributed by atoms with Gasteiger partial charge in [-0.1, -0.05) is 0 Å². The van der Waals surface area contributed by atoms with Crippen molar-refractivity contribution in [1.29, 1.82) is 0 Å². The molecular weight excluding hydrogens is 307 g/mol. The molecule has 0 atom stereocenters. The summed E-state index contributed by atoms with van der Waals surface area (Å²) in [5.41, 5.74) is 0. The molecule has 1 saturated carbocycles. The Morgan fingerprint density at radius 3 is 1.56 bits per heavy atom. The van der Waals surface area contributed by atoms with E-state index >= 15 is 0 Å². The predicted molar refractivity (Wildman–Crippen MR) is 32.6 cm³/mol. The summed E-state index contributed by atoms with van der Waals surface area (Å²) < 4.78 is 0.973. The zero-order valence-electron chi connectivity index (χ0n) is 5.32. The quantitative estimate of drug-likeness (QED) is 0.399. The maximum Gasteiger partial charge on any atom is -1.00 e. The topological polar surface area (TPSA) is 0 Å². The van der Waals surface area contributed by atoms with Crippen LogP contribution in [0.2, 0.25) is 4.71 Å². The molecular formula is C6H11AsBr2-2. The second-order valence-corrected chi connectivity index (χ2v) is 3.82. The van der Waals surface area contributed by atoms with Gasteiger partial charge in [0.05, 0.1) is 0 Å². The van der Waals surface area contributed by atoms with Crippen LogP contribution in [0, 0.1) is 0 Å². The van der Waals surface area contributed by atoms with E-state index in [4.69, 9.17) is 0 Å². The Morgan fingerprint density at radius 2 is 1.33 bits per heavy atom. The van der Waals surface area contributed by atoms with E-state index in [1.165, 1.54) is 32.1 Å². The molecule has 0 heterocycles. The van der Waals surface area contributed by atoms with Gasteiger partial charge in [-0.15, -0.1) is 0 Å². The molecule has 56 valence electrons. The summed E-state index contributed by atoms with van der Waals surface area (Å²) in [6.07, 6.45) is 7.34. The molecule has 0 bridgehead atoms. The molecule has 0 aromatic heterocycles. The van der Waals surface area contributed by atoms with Crippen molar-refractivity contribution in [2.45, 2.75) is 36.8 Å². The number of rotatable bonds is 0. The smallest absolute Gasteiger partial charge is 1.00 e. The predicted octanol–water partition coefficient (Wildman–Crippen LogP) is -4.08. The molecule has 0 N–H and O–H groups in total. The minimum atomic E-state index is 0. The summed E-state index contributed by atoms with van der Waals surface area (Å²) in [6, 6.07) is 0. The first-order valence-electron chi connectivity index (χ1n) is 3.07. The second-order valence-electron chi connectivity index (χ2n) is 2.29. The molecule has 0 aromatic rings. The van der Waals surface area contributed by atoms with Crippen molar-refractivity contribution in [2.24, 2.45) is 0 Å². The normalized spacial score (nSPS) is 19.7. The summed E-state index contributed by atoms with van der Waals surface area (Å²) in [5, 5.41) is 0. The van der Waals surface area contributed by atoms with E-state index in [1.54, 1.807) is 0 Å². The maximum atomic E-state index is 2.77. The number of halogens is 2. The van der Waals surface area contributed by atoms with Crippen molar-refractivity contribution in [3.8, 4) is 0 Å². The van der Waals surface area contributed by atoms with Gasteiger partial charge in [0.2, 0.25) is 0 Å². The average molecular weight is 318 g/mol. The van der Waals surface area contributed by atoms with Crippen LogP contribution in [0.5, 0.6) is 0 Å². The van der Waals surface area contributed by atoms with Crippen molar-refractivity contribution in [3.05, 3.63) is 0 Å². The Labute approximate surface area is 87.2 Å². The monoisotopic (exact) mass is 316 g/mol. The summed E-state index contributed by atoms with van der Waals surface area (Å²) in [7, 11) is 0. The average Bonchev–Trinajstić information content (AvgIpc) is 1.69. The van der Waals surface area contributed by atoms with Crippen LogP contribution >= 0.6 is 0 Å². The number of hydrogen-bond acceptors (Lipinski definition) is 0. The summed E-state index contributed by atoms with van der Waals surface area (Å²) >= 11 is 2.77. The molecule has 0 nitrogen and oxygen atoms in total.